The molecule has 2 aliphatic heterocycles. The van der Waals surface area contributed by atoms with Gasteiger partial charge in [-0.2, -0.15) is 11.8 Å². The van der Waals surface area contributed by atoms with Gasteiger partial charge in [0.15, 0.2) is 5.96 Å². The van der Waals surface area contributed by atoms with Crippen LogP contribution in [0.15, 0.2) is 29.3 Å². The molecule has 158 valence electrons. The zero-order chi connectivity index (χ0) is 19.1. The summed E-state index contributed by atoms with van der Waals surface area (Å²) >= 11 is 2.07. The third-order valence-corrected chi connectivity index (χ3v) is 7.03. The van der Waals surface area contributed by atoms with E-state index in [1.54, 1.807) is 0 Å². The molecule has 2 atom stereocenters. The van der Waals surface area contributed by atoms with Crippen molar-refractivity contribution < 1.29 is 4.74 Å². The fourth-order valence-electron chi connectivity index (χ4n) is 3.87. The van der Waals surface area contributed by atoms with Crippen LogP contribution in [0.1, 0.15) is 30.4 Å². The Morgan fingerprint density at radius 1 is 1.25 bits per heavy atom. The average Bonchev–Trinajstić information content (AvgIpc) is 3.19. The molecule has 2 saturated heterocycles. The van der Waals surface area contributed by atoms with Crippen molar-refractivity contribution in [1.29, 1.82) is 0 Å². The van der Waals surface area contributed by atoms with Crippen LogP contribution in [-0.2, 0) is 4.74 Å². The van der Waals surface area contributed by atoms with E-state index in [1.807, 2.05) is 7.05 Å². The standard InChI is InChI=1S/C21H34N4OS.HI/c1-17-4-6-19(7-5-17)18(2)14-23-20(22-3)24-15-21(8-13-27-16-21)25-9-11-26-12-10-25;/h4-7,18H,8-16H2,1-3H3,(H2,22,23,24);1H. The summed E-state index contributed by atoms with van der Waals surface area (Å²) in [6, 6.07) is 8.81. The van der Waals surface area contributed by atoms with Gasteiger partial charge in [0.1, 0.15) is 0 Å². The minimum atomic E-state index is 0. The summed E-state index contributed by atoms with van der Waals surface area (Å²) in [5.41, 5.74) is 2.90. The fraction of sp³-hybridized carbons (Fsp3) is 0.667. The van der Waals surface area contributed by atoms with Crippen molar-refractivity contribution in [3.05, 3.63) is 35.4 Å². The molecule has 28 heavy (non-hydrogen) atoms. The Labute approximate surface area is 191 Å². The van der Waals surface area contributed by atoms with E-state index >= 15 is 0 Å². The number of hydrogen-bond donors (Lipinski definition) is 2. The number of rotatable bonds is 6. The van der Waals surface area contributed by atoms with Gasteiger partial charge in [-0.25, -0.2) is 0 Å². The summed E-state index contributed by atoms with van der Waals surface area (Å²) in [6.45, 7) is 10.00. The van der Waals surface area contributed by atoms with E-state index in [2.05, 4.69) is 70.4 Å². The van der Waals surface area contributed by atoms with E-state index in [1.165, 1.54) is 29.1 Å². The van der Waals surface area contributed by atoms with Crippen LogP contribution in [0, 0.1) is 6.92 Å². The molecule has 0 amide bonds. The Morgan fingerprint density at radius 3 is 2.57 bits per heavy atom. The summed E-state index contributed by atoms with van der Waals surface area (Å²) in [4.78, 5) is 7.08. The predicted octanol–water partition coefficient (Wildman–Crippen LogP) is 3.09. The molecule has 0 aliphatic carbocycles. The summed E-state index contributed by atoms with van der Waals surface area (Å²) in [7, 11) is 1.86. The molecular formula is C21H35IN4OS. The van der Waals surface area contributed by atoms with E-state index < -0.39 is 0 Å². The lowest BCUT2D eigenvalue weighted by Gasteiger charge is -2.43. The van der Waals surface area contributed by atoms with Crippen molar-refractivity contribution >= 4 is 41.7 Å². The number of aliphatic imine (C=N–C) groups is 1. The number of benzene rings is 1. The van der Waals surface area contributed by atoms with Crippen molar-refractivity contribution in [2.24, 2.45) is 4.99 Å². The number of aryl methyl sites for hydroxylation is 1. The molecule has 0 saturated carbocycles. The van der Waals surface area contributed by atoms with Crippen LogP contribution in [0.5, 0.6) is 0 Å². The van der Waals surface area contributed by atoms with Crippen LogP contribution >= 0.6 is 35.7 Å². The van der Waals surface area contributed by atoms with E-state index in [4.69, 9.17) is 4.74 Å². The van der Waals surface area contributed by atoms with Gasteiger partial charge in [0.25, 0.3) is 0 Å². The molecule has 0 radical (unpaired) electrons. The highest BCUT2D eigenvalue weighted by Crippen LogP contribution is 2.33. The van der Waals surface area contributed by atoms with Gasteiger partial charge >= 0.3 is 0 Å². The minimum Gasteiger partial charge on any atom is -0.379 e. The second-order valence-electron chi connectivity index (χ2n) is 7.74. The Balaban J connectivity index is 0.00000280. The first-order chi connectivity index (χ1) is 13.1. The van der Waals surface area contributed by atoms with Gasteiger partial charge in [-0.1, -0.05) is 36.8 Å². The monoisotopic (exact) mass is 518 g/mol. The topological polar surface area (TPSA) is 48.9 Å². The zero-order valence-corrected chi connectivity index (χ0v) is 20.5. The van der Waals surface area contributed by atoms with Crippen molar-refractivity contribution in [1.82, 2.24) is 15.5 Å². The molecule has 2 N–H and O–H groups in total. The van der Waals surface area contributed by atoms with Crippen LogP contribution < -0.4 is 10.6 Å². The highest BCUT2D eigenvalue weighted by atomic mass is 127. The molecule has 2 fully saturated rings. The van der Waals surface area contributed by atoms with E-state index in [0.717, 1.165) is 45.4 Å². The summed E-state index contributed by atoms with van der Waals surface area (Å²) in [5, 5.41) is 7.12. The molecule has 2 unspecified atom stereocenters. The Morgan fingerprint density at radius 2 is 1.96 bits per heavy atom. The molecule has 1 aromatic rings. The maximum absolute atomic E-state index is 5.56. The predicted molar refractivity (Wildman–Crippen MR) is 131 cm³/mol. The molecule has 0 spiro atoms. The second-order valence-corrected chi connectivity index (χ2v) is 8.85. The average molecular weight is 519 g/mol. The number of morpholine rings is 1. The van der Waals surface area contributed by atoms with Gasteiger partial charge in [-0.05, 0) is 30.6 Å². The molecular weight excluding hydrogens is 483 g/mol. The van der Waals surface area contributed by atoms with Gasteiger partial charge in [-0.3, -0.25) is 9.89 Å². The largest absolute Gasteiger partial charge is 0.379 e. The smallest absolute Gasteiger partial charge is 0.191 e. The van der Waals surface area contributed by atoms with Crippen LogP contribution in [0.25, 0.3) is 0 Å². The third kappa shape index (κ3) is 6.24. The number of guanidine groups is 1. The lowest BCUT2D eigenvalue weighted by molar-refractivity contribution is -0.0120. The maximum atomic E-state index is 5.56. The number of nitrogens with zero attached hydrogens (tertiary/aromatic N) is 2. The fourth-order valence-corrected chi connectivity index (χ4v) is 5.34. The van der Waals surface area contributed by atoms with Crippen LogP contribution in [-0.4, -0.2) is 74.3 Å². The Hall–Kier alpha value is -0.510. The van der Waals surface area contributed by atoms with Crippen molar-refractivity contribution in [2.75, 3.05) is 57.9 Å². The molecule has 2 heterocycles. The van der Waals surface area contributed by atoms with Crippen molar-refractivity contribution in [3.8, 4) is 0 Å². The minimum absolute atomic E-state index is 0. The number of hydrogen-bond acceptors (Lipinski definition) is 4. The Bertz CT molecular complexity index is 613. The lowest BCUT2D eigenvalue weighted by Crippen LogP contribution is -2.60. The molecule has 0 aromatic heterocycles. The van der Waals surface area contributed by atoms with Crippen molar-refractivity contribution in [2.45, 2.75) is 31.7 Å². The van der Waals surface area contributed by atoms with Crippen LogP contribution in [0.4, 0.5) is 0 Å². The van der Waals surface area contributed by atoms with Gasteiger partial charge in [0, 0.05) is 44.5 Å². The highest BCUT2D eigenvalue weighted by molar-refractivity contribution is 14.0. The first kappa shape index (κ1) is 23.8. The SMILES string of the molecule is CN=C(NCC(C)c1ccc(C)cc1)NCC1(N2CCOCC2)CCSC1.I. The maximum Gasteiger partial charge on any atom is 0.191 e. The molecule has 0 bridgehead atoms. The van der Waals surface area contributed by atoms with Gasteiger partial charge < -0.3 is 15.4 Å². The lowest BCUT2D eigenvalue weighted by atomic mass is 9.95. The first-order valence-corrected chi connectivity index (χ1v) is 11.2. The molecule has 2 aliphatic rings. The molecule has 5 nitrogen and oxygen atoms in total. The normalized spacial score (nSPS) is 24.5. The molecule has 7 heteroatoms. The van der Waals surface area contributed by atoms with E-state index in [9.17, 15) is 0 Å². The molecule has 1 aromatic carbocycles. The van der Waals surface area contributed by atoms with Gasteiger partial charge in [-0.15, -0.1) is 24.0 Å². The first-order valence-electron chi connectivity index (χ1n) is 10.0. The quantitative estimate of drug-likeness (QED) is 0.345. The number of thioether (sulfide) groups is 1. The zero-order valence-electron chi connectivity index (χ0n) is 17.4. The van der Waals surface area contributed by atoms with Crippen LogP contribution in [0.2, 0.25) is 0 Å². The van der Waals surface area contributed by atoms with Crippen LogP contribution in [0.3, 0.4) is 0 Å². The number of ether oxygens (including phenoxy) is 1. The van der Waals surface area contributed by atoms with Crippen molar-refractivity contribution in [3.63, 3.8) is 0 Å². The van der Waals surface area contributed by atoms with E-state index in [0.29, 0.717) is 5.92 Å². The highest BCUT2D eigenvalue weighted by Gasteiger charge is 2.40. The summed E-state index contributed by atoms with van der Waals surface area (Å²) in [5.74, 6) is 3.78. The number of nitrogens with one attached hydrogen (secondary N) is 2. The second kappa shape index (κ2) is 11.6. The third-order valence-electron chi connectivity index (χ3n) is 5.79. The van der Waals surface area contributed by atoms with E-state index in [-0.39, 0.29) is 29.5 Å². The molecule has 3 rings (SSSR count). The Kier molecular flexibility index (Phi) is 9.86. The van der Waals surface area contributed by atoms with Gasteiger partial charge in [0.05, 0.1) is 13.2 Å². The number of halogens is 1. The summed E-state index contributed by atoms with van der Waals surface area (Å²) in [6.07, 6.45) is 1.24. The summed E-state index contributed by atoms with van der Waals surface area (Å²) < 4.78 is 5.56. The van der Waals surface area contributed by atoms with Gasteiger partial charge in [0.2, 0.25) is 0 Å².